The highest BCUT2D eigenvalue weighted by atomic mass is 16.5. The van der Waals surface area contributed by atoms with Gasteiger partial charge in [0.05, 0.1) is 18.1 Å². The lowest BCUT2D eigenvalue weighted by Crippen LogP contribution is -2.37. The zero-order valence-electron chi connectivity index (χ0n) is 21.3. The Morgan fingerprint density at radius 3 is 2.60 bits per heavy atom. The van der Waals surface area contributed by atoms with Crippen LogP contribution < -0.4 is 15.7 Å². The van der Waals surface area contributed by atoms with Crippen molar-refractivity contribution in [3.8, 4) is 16.9 Å². The molecule has 35 heavy (non-hydrogen) atoms. The Hall–Kier alpha value is -3.13. The molecular formula is C27H36N6O2. The number of nitrogens with one attached hydrogen (secondary N) is 2. The maximum absolute atomic E-state index is 13.2. The minimum atomic E-state index is -0.0187. The van der Waals surface area contributed by atoms with Gasteiger partial charge < -0.3 is 15.0 Å². The number of methoxy groups -OCH3 is 1. The van der Waals surface area contributed by atoms with Crippen molar-refractivity contribution in [2.24, 2.45) is 5.92 Å². The van der Waals surface area contributed by atoms with Crippen molar-refractivity contribution in [2.75, 3.05) is 13.7 Å². The molecule has 2 N–H and O–H groups in total. The molecule has 0 spiro atoms. The van der Waals surface area contributed by atoms with Gasteiger partial charge in [-0.3, -0.25) is 4.57 Å². The van der Waals surface area contributed by atoms with Crippen LogP contribution in [-0.4, -0.2) is 43.8 Å². The fourth-order valence-electron chi connectivity index (χ4n) is 5.41. The van der Waals surface area contributed by atoms with Gasteiger partial charge in [0.15, 0.2) is 11.4 Å². The Bertz CT molecular complexity index is 1390. The molecule has 0 unspecified atom stereocenters. The fourth-order valence-corrected chi connectivity index (χ4v) is 5.41. The largest absolute Gasteiger partial charge is 0.493 e. The molecule has 5 rings (SSSR count). The summed E-state index contributed by atoms with van der Waals surface area (Å²) in [7, 11) is 1.64. The summed E-state index contributed by atoms with van der Waals surface area (Å²) in [5, 5.41) is 8.01. The van der Waals surface area contributed by atoms with Crippen LogP contribution in [0.1, 0.15) is 70.9 Å². The number of aromatic amines is 1. The van der Waals surface area contributed by atoms with E-state index >= 15 is 0 Å². The van der Waals surface area contributed by atoms with E-state index in [9.17, 15) is 4.79 Å². The lowest BCUT2D eigenvalue weighted by Gasteiger charge is -2.30. The Balaban J connectivity index is 1.53. The first-order valence-corrected chi connectivity index (χ1v) is 12.7. The number of imidazole rings is 1. The Kier molecular flexibility index (Phi) is 6.40. The standard InChI is InChI=1S/C27H36N6O2/c1-16(2)13-28-19-6-8-20(9-7-19)33-24-12-21(17(3)4)22(11-23(24)31-27(33)34)18-10-25(35-5)26-29-15-30-32(26)14-18/h10-12,14-17,19-20,28H,6-9,13H2,1-5H3,(H,31,34)/t19-,20-. The number of pyridine rings is 1. The van der Waals surface area contributed by atoms with Crippen molar-refractivity contribution >= 4 is 16.7 Å². The summed E-state index contributed by atoms with van der Waals surface area (Å²) < 4.78 is 9.33. The third kappa shape index (κ3) is 4.47. The third-order valence-corrected chi connectivity index (χ3v) is 7.26. The van der Waals surface area contributed by atoms with Crippen LogP contribution in [0.25, 0.3) is 27.8 Å². The molecule has 8 nitrogen and oxygen atoms in total. The van der Waals surface area contributed by atoms with Gasteiger partial charge in [-0.2, -0.15) is 5.10 Å². The molecule has 0 atom stereocenters. The normalized spacial score (nSPS) is 18.8. The van der Waals surface area contributed by atoms with Gasteiger partial charge in [0, 0.05) is 23.8 Å². The molecule has 0 radical (unpaired) electrons. The fraction of sp³-hybridized carbons (Fsp3) is 0.519. The topological polar surface area (TPSA) is 89.2 Å². The van der Waals surface area contributed by atoms with Gasteiger partial charge >= 0.3 is 5.69 Å². The van der Waals surface area contributed by atoms with E-state index in [4.69, 9.17) is 4.74 Å². The van der Waals surface area contributed by atoms with Crippen LogP contribution in [0.15, 0.2) is 35.5 Å². The molecule has 8 heteroatoms. The van der Waals surface area contributed by atoms with E-state index in [2.05, 4.69) is 60.2 Å². The van der Waals surface area contributed by atoms with Gasteiger partial charge in [-0.25, -0.2) is 14.3 Å². The van der Waals surface area contributed by atoms with Crippen molar-refractivity contribution in [3.63, 3.8) is 0 Å². The van der Waals surface area contributed by atoms with E-state index < -0.39 is 0 Å². The molecule has 1 saturated carbocycles. The SMILES string of the molecule is COc1cc(-c2cc3[nH]c(=O)n([C@H]4CC[C@H](NCC(C)C)CC4)c3cc2C(C)C)cn2ncnc12. The second-order valence-electron chi connectivity index (χ2n) is 10.5. The summed E-state index contributed by atoms with van der Waals surface area (Å²) in [6, 6.07) is 7.09. The molecule has 1 aliphatic carbocycles. The van der Waals surface area contributed by atoms with Crippen molar-refractivity contribution in [1.29, 1.82) is 0 Å². The number of ether oxygens (including phenoxy) is 1. The van der Waals surface area contributed by atoms with E-state index in [1.165, 1.54) is 11.9 Å². The van der Waals surface area contributed by atoms with Gasteiger partial charge in [0.25, 0.3) is 0 Å². The van der Waals surface area contributed by atoms with Crippen molar-refractivity contribution in [2.45, 2.75) is 71.4 Å². The van der Waals surface area contributed by atoms with E-state index in [0.717, 1.165) is 54.4 Å². The van der Waals surface area contributed by atoms with Crippen LogP contribution in [0.2, 0.25) is 0 Å². The minimum absolute atomic E-state index is 0.0187. The molecule has 3 aromatic heterocycles. The quantitative estimate of drug-likeness (QED) is 0.396. The summed E-state index contributed by atoms with van der Waals surface area (Å²) >= 11 is 0. The predicted molar refractivity (Wildman–Crippen MR) is 139 cm³/mol. The van der Waals surface area contributed by atoms with Gasteiger partial charge in [-0.1, -0.05) is 27.7 Å². The Morgan fingerprint density at radius 1 is 1.14 bits per heavy atom. The first-order valence-electron chi connectivity index (χ1n) is 12.7. The summed E-state index contributed by atoms with van der Waals surface area (Å²) in [6.45, 7) is 9.91. The highest BCUT2D eigenvalue weighted by Crippen LogP contribution is 2.37. The van der Waals surface area contributed by atoms with Crippen LogP contribution in [0.5, 0.6) is 5.75 Å². The second-order valence-corrected chi connectivity index (χ2v) is 10.5. The number of aromatic nitrogens is 5. The van der Waals surface area contributed by atoms with E-state index in [0.29, 0.717) is 23.4 Å². The first kappa shape index (κ1) is 23.6. The lowest BCUT2D eigenvalue weighted by molar-refractivity contribution is 0.285. The predicted octanol–water partition coefficient (Wildman–Crippen LogP) is 4.90. The average molecular weight is 477 g/mol. The van der Waals surface area contributed by atoms with Crippen LogP contribution >= 0.6 is 0 Å². The molecular weight excluding hydrogens is 440 g/mol. The van der Waals surface area contributed by atoms with Gasteiger partial charge in [-0.05, 0) is 73.4 Å². The second kappa shape index (κ2) is 9.49. The highest BCUT2D eigenvalue weighted by molar-refractivity contribution is 5.85. The number of hydrogen-bond acceptors (Lipinski definition) is 5. The van der Waals surface area contributed by atoms with Crippen molar-refractivity contribution in [3.05, 3.63) is 46.8 Å². The number of H-pyrrole nitrogens is 1. The van der Waals surface area contributed by atoms with Crippen LogP contribution in [-0.2, 0) is 0 Å². The smallest absolute Gasteiger partial charge is 0.326 e. The summed E-state index contributed by atoms with van der Waals surface area (Å²) in [6.07, 6.45) is 7.73. The molecule has 3 heterocycles. The summed E-state index contributed by atoms with van der Waals surface area (Å²) in [5.74, 6) is 1.60. The van der Waals surface area contributed by atoms with E-state index in [1.807, 2.05) is 16.8 Å². The number of nitrogens with zero attached hydrogens (tertiary/aromatic N) is 4. The van der Waals surface area contributed by atoms with Gasteiger partial charge in [-0.15, -0.1) is 0 Å². The highest BCUT2D eigenvalue weighted by Gasteiger charge is 2.26. The maximum atomic E-state index is 13.2. The van der Waals surface area contributed by atoms with Crippen molar-refractivity contribution in [1.82, 2.24) is 29.5 Å². The number of benzene rings is 1. The molecule has 4 aromatic rings. The number of hydrogen-bond donors (Lipinski definition) is 2. The third-order valence-electron chi connectivity index (χ3n) is 7.26. The molecule has 0 amide bonds. The molecule has 186 valence electrons. The Labute approximate surface area is 205 Å². The van der Waals surface area contributed by atoms with E-state index in [1.54, 1.807) is 11.6 Å². The Morgan fingerprint density at radius 2 is 1.91 bits per heavy atom. The molecule has 1 aliphatic rings. The van der Waals surface area contributed by atoms with Crippen molar-refractivity contribution < 1.29 is 4.74 Å². The summed E-state index contributed by atoms with van der Waals surface area (Å²) in [5.41, 5.74) is 5.77. The van der Waals surface area contributed by atoms with Crippen LogP contribution in [0.4, 0.5) is 0 Å². The lowest BCUT2D eigenvalue weighted by atomic mass is 9.90. The van der Waals surface area contributed by atoms with E-state index in [-0.39, 0.29) is 17.6 Å². The molecule has 0 aliphatic heterocycles. The van der Waals surface area contributed by atoms with Gasteiger partial charge in [0.2, 0.25) is 0 Å². The first-order chi connectivity index (χ1) is 16.9. The number of fused-ring (bicyclic) bond motifs is 2. The maximum Gasteiger partial charge on any atom is 0.326 e. The molecule has 0 bridgehead atoms. The van der Waals surface area contributed by atoms with Crippen LogP contribution in [0, 0.1) is 5.92 Å². The zero-order chi connectivity index (χ0) is 24.7. The van der Waals surface area contributed by atoms with Gasteiger partial charge in [0.1, 0.15) is 6.33 Å². The average Bonchev–Trinajstić information content (AvgIpc) is 3.44. The monoisotopic (exact) mass is 476 g/mol. The van der Waals surface area contributed by atoms with Crippen LogP contribution in [0.3, 0.4) is 0 Å². The molecule has 1 aromatic carbocycles. The molecule has 1 fully saturated rings. The minimum Gasteiger partial charge on any atom is -0.493 e. The molecule has 0 saturated heterocycles. The number of rotatable bonds is 7. The summed E-state index contributed by atoms with van der Waals surface area (Å²) in [4.78, 5) is 20.6. The zero-order valence-corrected chi connectivity index (χ0v) is 21.3.